The second kappa shape index (κ2) is 12.1. The molecule has 2 saturated carbocycles. The molecule has 4 N–H and O–H groups in total. The zero-order valence-corrected chi connectivity index (χ0v) is 23.2. The number of amides is 3. The van der Waals surface area contributed by atoms with Crippen LogP contribution in [0.4, 0.5) is 4.79 Å². The van der Waals surface area contributed by atoms with Crippen LogP contribution >= 0.6 is 0 Å². The van der Waals surface area contributed by atoms with Crippen molar-refractivity contribution in [3.05, 3.63) is 12.8 Å². The van der Waals surface area contributed by atoms with Gasteiger partial charge in [0.25, 0.3) is 0 Å². The van der Waals surface area contributed by atoms with Crippen molar-refractivity contribution in [3.8, 4) is 0 Å². The molecule has 2 fully saturated rings. The maximum atomic E-state index is 13.2. The summed E-state index contributed by atoms with van der Waals surface area (Å²) >= 11 is 0. The van der Waals surface area contributed by atoms with Crippen LogP contribution in [-0.4, -0.2) is 70.9 Å². The highest BCUT2D eigenvalue weighted by Crippen LogP contribution is 2.63. The number of carbonyl (C=O) groups is 5. The summed E-state index contributed by atoms with van der Waals surface area (Å²) < 4.78 is 15.3. The molecule has 2 aliphatic rings. The van der Waals surface area contributed by atoms with E-state index in [0.717, 1.165) is 6.26 Å². The summed E-state index contributed by atoms with van der Waals surface area (Å²) in [4.78, 5) is 63.9. The molecule has 214 valence electrons. The standard InChI is InChI=1S/C26H41N3O9/c1-9-36-22(33)18-17-16(30)12-26(19(17)18,23(34)37-10-2)29-20(31)14(5)27-21(32)15(11-13(3)4)28-24(35)38-25(6,7)8/h9,13-19,30H,1,10-12H2,2-8H3,(H,27,32)(H,28,35)(H,29,31)/t14-,15-,16-,17-,18-,19-,26?/m0/s1. The second-order valence-corrected chi connectivity index (χ2v) is 11.2. The average molecular weight is 540 g/mol. The molecular weight excluding hydrogens is 498 g/mol. The lowest BCUT2D eigenvalue weighted by Gasteiger charge is -2.33. The largest absolute Gasteiger partial charge is 0.464 e. The SMILES string of the molecule is C=COC(=O)[C@H]1[C@H]2[C@@H]1C(NC(=O)[C@H](C)NC(=O)[C@H](CC(C)C)NC(=O)OC(C)(C)C)(C(=O)OCC)C[C@@H]2O. The Kier molecular flexibility index (Phi) is 9.93. The Labute approximate surface area is 223 Å². The van der Waals surface area contributed by atoms with E-state index in [1.54, 1.807) is 27.7 Å². The molecule has 0 saturated heterocycles. The molecule has 7 atom stereocenters. The van der Waals surface area contributed by atoms with Crippen LogP contribution in [0.15, 0.2) is 12.8 Å². The van der Waals surface area contributed by atoms with Crippen molar-refractivity contribution >= 4 is 29.8 Å². The van der Waals surface area contributed by atoms with Gasteiger partial charge in [0, 0.05) is 18.3 Å². The molecule has 12 heteroatoms. The number of fused-ring (bicyclic) bond motifs is 1. The van der Waals surface area contributed by atoms with Gasteiger partial charge in [0.2, 0.25) is 11.8 Å². The molecule has 0 aromatic heterocycles. The minimum Gasteiger partial charge on any atom is -0.464 e. The Morgan fingerprint density at radius 3 is 2.26 bits per heavy atom. The minimum atomic E-state index is -1.67. The molecule has 0 aromatic rings. The van der Waals surface area contributed by atoms with Crippen LogP contribution in [0.2, 0.25) is 0 Å². The van der Waals surface area contributed by atoms with Gasteiger partial charge in [-0.05, 0) is 47.0 Å². The monoisotopic (exact) mass is 539 g/mol. The quantitative estimate of drug-likeness (QED) is 0.171. The Balaban J connectivity index is 2.17. The Morgan fingerprint density at radius 1 is 1.11 bits per heavy atom. The Bertz CT molecular complexity index is 945. The maximum Gasteiger partial charge on any atom is 0.408 e. The number of nitrogens with one attached hydrogen (secondary N) is 3. The van der Waals surface area contributed by atoms with E-state index in [1.165, 1.54) is 6.92 Å². The fourth-order valence-electron chi connectivity index (χ4n) is 5.04. The van der Waals surface area contributed by atoms with Crippen molar-refractivity contribution < 1.29 is 43.3 Å². The Hall–Kier alpha value is -3.15. The maximum absolute atomic E-state index is 13.2. The normalized spacial score (nSPS) is 27.3. The van der Waals surface area contributed by atoms with Crippen molar-refractivity contribution in [1.29, 1.82) is 0 Å². The topological polar surface area (TPSA) is 169 Å². The van der Waals surface area contributed by atoms with Crippen LogP contribution in [0, 0.1) is 23.7 Å². The first kappa shape index (κ1) is 31.1. The first-order valence-electron chi connectivity index (χ1n) is 12.9. The van der Waals surface area contributed by atoms with E-state index in [0.29, 0.717) is 0 Å². The number of hydrogen-bond acceptors (Lipinski definition) is 9. The average Bonchev–Trinajstić information content (AvgIpc) is 3.46. The number of alkyl carbamates (subject to hydrolysis) is 1. The molecule has 3 amide bonds. The van der Waals surface area contributed by atoms with Gasteiger partial charge in [-0.15, -0.1) is 0 Å². The molecule has 0 radical (unpaired) electrons. The fourth-order valence-corrected chi connectivity index (χ4v) is 5.04. The van der Waals surface area contributed by atoms with E-state index in [2.05, 4.69) is 22.5 Å². The molecule has 0 spiro atoms. The van der Waals surface area contributed by atoms with Crippen molar-refractivity contribution in [1.82, 2.24) is 16.0 Å². The molecule has 0 aromatic carbocycles. The number of hydrogen-bond donors (Lipinski definition) is 4. The van der Waals surface area contributed by atoms with E-state index in [1.807, 2.05) is 13.8 Å². The Morgan fingerprint density at radius 2 is 1.74 bits per heavy atom. The molecule has 0 aliphatic heterocycles. The molecule has 38 heavy (non-hydrogen) atoms. The minimum absolute atomic E-state index is 0.0191. The predicted molar refractivity (Wildman–Crippen MR) is 135 cm³/mol. The summed E-state index contributed by atoms with van der Waals surface area (Å²) in [5, 5.41) is 18.3. The number of aliphatic hydroxyl groups is 1. The summed E-state index contributed by atoms with van der Waals surface area (Å²) in [6.45, 7) is 15.2. The van der Waals surface area contributed by atoms with E-state index >= 15 is 0 Å². The van der Waals surface area contributed by atoms with Gasteiger partial charge in [-0.2, -0.15) is 0 Å². The number of aliphatic hydroxyl groups excluding tert-OH is 1. The van der Waals surface area contributed by atoms with Crippen LogP contribution in [0.5, 0.6) is 0 Å². The van der Waals surface area contributed by atoms with Gasteiger partial charge < -0.3 is 35.3 Å². The van der Waals surface area contributed by atoms with E-state index in [9.17, 15) is 29.1 Å². The highest BCUT2D eigenvalue weighted by Gasteiger charge is 2.76. The third-order valence-electron chi connectivity index (χ3n) is 6.54. The van der Waals surface area contributed by atoms with Crippen molar-refractivity contribution in [2.24, 2.45) is 23.7 Å². The van der Waals surface area contributed by atoms with E-state index in [4.69, 9.17) is 14.2 Å². The van der Waals surface area contributed by atoms with Gasteiger partial charge >= 0.3 is 18.0 Å². The van der Waals surface area contributed by atoms with Gasteiger partial charge in [-0.1, -0.05) is 20.4 Å². The molecule has 12 nitrogen and oxygen atoms in total. The smallest absolute Gasteiger partial charge is 0.408 e. The first-order chi connectivity index (χ1) is 17.6. The summed E-state index contributed by atoms with van der Waals surface area (Å²) in [5.74, 6) is -4.89. The summed E-state index contributed by atoms with van der Waals surface area (Å²) in [6.07, 6.45) is -0.722. The van der Waals surface area contributed by atoms with Crippen LogP contribution in [-0.2, 0) is 33.4 Å². The first-order valence-corrected chi connectivity index (χ1v) is 12.9. The predicted octanol–water partition coefficient (Wildman–Crippen LogP) is 1.16. The molecule has 0 heterocycles. The molecule has 2 rings (SSSR count). The number of carbonyl (C=O) groups excluding carboxylic acids is 5. The van der Waals surface area contributed by atoms with Gasteiger partial charge in [0.05, 0.1) is 24.9 Å². The zero-order valence-electron chi connectivity index (χ0n) is 23.2. The van der Waals surface area contributed by atoms with Gasteiger partial charge in [-0.25, -0.2) is 9.59 Å². The van der Waals surface area contributed by atoms with Crippen molar-refractivity contribution in [2.45, 2.75) is 90.6 Å². The van der Waals surface area contributed by atoms with Crippen LogP contribution in [0.25, 0.3) is 0 Å². The highest BCUT2D eigenvalue weighted by molar-refractivity contribution is 5.96. The van der Waals surface area contributed by atoms with E-state index < -0.39 is 76.9 Å². The summed E-state index contributed by atoms with van der Waals surface area (Å²) in [6, 6.07) is -2.10. The van der Waals surface area contributed by atoms with Crippen molar-refractivity contribution in [3.63, 3.8) is 0 Å². The fraction of sp³-hybridized carbons (Fsp3) is 0.731. The van der Waals surface area contributed by atoms with Gasteiger partial charge in [0.1, 0.15) is 23.2 Å². The lowest BCUT2D eigenvalue weighted by molar-refractivity contribution is -0.156. The highest BCUT2D eigenvalue weighted by atomic mass is 16.6. The van der Waals surface area contributed by atoms with E-state index in [-0.39, 0.29) is 25.4 Å². The van der Waals surface area contributed by atoms with Crippen LogP contribution in [0.3, 0.4) is 0 Å². The van der Waals surface area contributed by atoms with Crippen LogP contribution in [0.1, 0.15) is 61.3 Å². The molecular formula is C26H41N3O9. The van der Waals surface area contributed by atoms with Crippen LogP contribution < -0.4 is 16.0 Å². The lowest BCUT2D eigenvalue weighted by atomic mass is 9.89. The summed E-state index contributed by atoms with van der Waals surface area (Å²) in [7, 11) is 0. The third-order valence-corrected chi connectivity index (χ3v) is 6.54. The zero-order chi connectivity index (χ0) is 29.0. The molecule has 1 unspecified atom stereocenters. The van der Waals surface area contributed by atoms with Gasteiger partial charge in [0.15, 0.2) is 0 Å². The molecule has 2 aliphatic carbocycles. The van der Waals surface area contributed by atoms with Gasteiger partial charge in [-0.3, -0.25) is 14.4 Å². The number of esters is 2. The molecule has 0 bridgehead atoms. The number of ether oxygens (including phenoxy) is 3. The second-order valence-electron chi connectivity index (χ2n) is 11.2. The summed E-state index contributed by atoms with van der Waals surface area (Å²) in [5.41, 5.74) is -2.44. The van der Waals surface area contributed by atoms with Crippen molar-refractivity contribution in [2.75, 3.05) is 6.61 Å². The third kappa shape index (κ3) is 7.24. The lowest BCUT2D eigenvalue weighted by Crippen LogP contribution is -2.61. The number of rotatable bonds is 11.